The second-order valence-electron chi connectivity index (χ2n) is 9.66. The standard InChI is InChI=1S/C26H30F5N3O2/c1-16(2)15-21(23(33)35)34(14-13-32)22(25(27,28)26(29,30)31)19-7-5-17(6-8-19)18-9-11-20(12-10-18)24(3,4)36/h5-12,16,21-22,36H,14-15H2,1-4H3,(H2,33,35)/t21-,22-/m0/s1. The van der Waals surface area contributed by atoms with E-state index in [1.54, 1.807) is 58.0 Å². The van der Waals surface area contributed by atoms with E-state index in [4.69, 9.17) is 5.73 Å². The number of nitriles is 1. The summed E-state index contributed by atoms with van der Waals surface area (Å²) < 4.78 is 70.6. The van der Waals surface area contributed by atoms with Gasteiger partial charge >= 0.3 is 12.1 Å². The number of hydrogen-bond acceptors (Lipinski definition) is 4. The molecule has 2 atom stereocenters. The summed E-state index contributed by atoms with van der Waals surface area (Å²) in [6.07, 6.45) is -6.05. The highest BCUT2D eigenvalue weighted by Gasteiger charge is 2.65. The van der Waals surface area contributed by atoms with Gasteiger partial charge in [0.2, 0.25) is 5.91 Å². The molecule has 0 radical (unpaired) electrons. The van der Waals surface area contributed by atoms with Crippen LogP contribution in [0.25, 0.3) is 11.1 Å². The van der Waals surface area contributed by atoms with Gasteiger partial charge in [0.1, 0.15) is 6.04 Å². The zero-order valence-corrected chi connectivity index (χ0v) is 20.5. The smallest absolute Gasteiger partial charge is 0.386 e. The summed E-state index contributed by atoms with van der Waals surface area (Å²) in [5.41, 5.74) is 5.73. The van der Waals surface area contributed by atoms with Gasteiger partial charge in [-0.3, -0.25) is 9.69 Å². The van der Waals surface area contributed by atoms with E-state index >= 15 is 0 Å². The molecule has 0 saturated heterocycles. The first-order valence-corrected chi connectivity index (χ1v) is 11.3. The van der Waals surface area contributed by atoms with Crippen LogP contribution in [-0.2, 0) is 10.4 Å². The third-order valence-corrected chi connectivity index (χ3v) is 5.88. The lowest BCUT2D eigenvalue weighted by Gasteiger charge is -2.40. The van der Waals surface area contributed by atoms with Gasteiger partial charge in [0.25, 0.3) is 0 Å². The first kappa shape index (κ1) is 29.2. The van der Waals surface area contributed by atoms with Crippen LogP contribution in [0, 0.1) is 17.2 Å². The molecule has 2 rings (SSSR count). The molecule has 0 fully saturated rings. The number of rotatable bonds is 10. The molecular formula is C26H30F5N3O2. The fourth-order valence-electron chi connectivity index (χ4n) is 4.02. The Morgan fingerprint density at radius 1 is 1.00 bits per heavy atom. The number of nitrogens with zero attached hydrogens (tertiary/aromatic N) is 2. The normalized spacial score (nSPS) is 14.5. The SMILES string of the molecule is CC(C)C[C@@H](C(N)=O)N(CC#N)[C@@H](c1ccc(-c2ccc(C(C)(C)O)cc2)cc1)C(F)(F)C(F)(F)F. The molecule has 0 spiro atoms. The van der Waals surface area contributed by atoms with Crippen molar-refractivity contribution in [2.24, 2.45) is 11.7 Å². The summed E-state index contributed by atoms with van der Waals surface area (Å²) in [6.45, 7) is 5.69. The van der Waals surface area contributed by atoms with Gasteiger partial charge in [-0.2, -0.15) is 27.2 Å². The molecule has 10 heteroatoms. The maximum absolute atomic E-state index is 14.9. The van der Waals surface area contributed by atoms with Crippen molar-refractivity contribution >= 4 is 5.91 Å². The molecular weight excluding hydrogens is 481 g/mol. The highest BCUT2D eigenvalue weighted by molar-refractivity contribution is 5.80. The van der Waals surface area contributed by atoms with Crippen LogP contribution in [0.1, 0.15) is 51.3 Å². The van der Waals surface area contributed by atoms with Crippen LogP contribution in [-0.4, -0.2) is 40.6 Å². The van der Waals surface area contributed by atoms with Crippen molar-refractivity contribution in [1.82, 2.24) is 4.90 Å². The molecule has 0 aromatic heterocycles. The van der Waals surface area contributed by atoms with Crippen LogP contribution in [0.3, 0.4) is 0 Å². The highest BCUT2D eigenvalue weighted by Crippen LogP contribution is 2.48. The van der Waals surface area contributed by atoms with Crippen LogP contribution in [0.4, 0.5) is 22.0 Å². The van der Waals surface area contributed by atoms with E-state index in [9.17, 15) is 37.1 Å². The number of carbonyl (C=O) groups is 1. The highest BCUT2D eigenvalue weighted by atomic mass is 19.4. The Morgan fingerprint density at radius 2 is 1.47 bits per heavy atom. The van der Waals surface area contributed by atoms with Crippen molar-refractivity contribution in [2.45, 2.75) is 63.9 Å². The Kier molecular flexibility index (Phi) is 8.86. The monoisotopic (exact) mass is 511 g/mol. The molecule has 0 aliphatic heterocycles. The van der Waals surface area contributed by atoms with E-state index in [1.165, 1.54) is 12.1 Å². The molecule has 0 aliphatic carbocycles. The van der Waals surface area contributed by atoms with E-state index in [0.29, 0.717) is 21.6 Å². The maximum Gasteiger partial charge on any atom is 0.455 e. The summed E-state index contributed by atoms with van der Waals surface area (Å²) >= 11 is 0. The summed E-state index contributed by atoms with van der Waals surface area (Å²) in [6, 6.07) is 9.21. The van der Waals surface area contributed by atoms with Gasteiger partial charge in [0.05, 0.1) is 24.3 Å². The molecule has 0 saturated carbocycles. The van der Waals surface area contributed by atoms with Crippen LogP contribution in [0.5, 0.6) is 0 Å². The van der Waals surface area contributed by atoms with Gasteiger partial charge in [-0.25, -0.2) is 0 Å². The minimum absolute atomic E-state index is 0.104. The Bertz CT molecular complexity index is 1070. The topological polar surface area (TPSA) is 90.4 Å². The third-order valence-electron chi connectivity index (χ3n) is 5.88. The fraction of sp³-hybridized carbons (Fsp3) is 0.462. The van der Waals surface area contributed by atoms with Crippen molar-refractivity contribution in [3.05, 3.63) is 59.7 Å². The van der Waals surface area contributed by atoms with Gasteiger partial charge in [0, 0.05) is 0 Å². The molecule has 0 heterocycles. The maximum atomic E-state index is 14.9. The lowest BCUT2D eigenvalue weighted by atomic mass is 9.91. The predicted molar refractivity (Wildman–Crippen MR) is 126 cm³/mol. The molecule has 36 heavy (non-hydrogen) atoms. The van der Waals surface area contributed by atoms with Gasteiger partial charge in [-0.15, -0.1) is 0 Å². The number of aliphatic hydroxyl groups is 1. The first-order chi connectivity index (χ1) is 16.5. The number of primary amides is 1. The predicted octanol–water partition coefficient (Wildman–Crippen LogP) is 5.55. The number of benzene rings is 2. The lowest BCUT2D eigenvalue weighted by molar-refractivity contribution is -0.306. The molecule has 5 nitrogen and oxygen atoms in total. The summed E-state index contributed by atoms with van der Waals surface area (Å²) in [4.78, 5) is 12.7. The molecule has 2 aromatic rings. The van der Waals surface area contributed by atoms with E-state index in [1.807, 2.05) is 0 Å². The second-order valence-corrected chi connectivity index (χ2v) is 9.66. The van der Waals surface area contributed by atoms with Crippen LogP contribution < -0.4 is 5.73 Å². The van der Waals surface area contributed by atoms with Crippen molar-refractivity contribution in [1.29, 1.82) is 5.26 Å². The molecule has 2 aromatic carbocycles. The lowest BCUT2D eigenvalue weighted by Crippen LogP contribution is -2.56. The molecule has 1 amide bonds. The van der Waals surface area contributed by atoms with Gasteiger partial charge in [0.15, 0.2) is 0 Å². The molecule has 3 N–H and O–H groups in total. The zero-order valence-electron chi connectivity index (χ0n) is 20.5. The van der Waals surface area contributed by atoms with Crippen molar-refractivity contribution in [3.63, 3.8) is 0 Å². The minimum Gasteiger partial charge on any atom is -0.386 e. The quantitative estimate of drug-likeness (QED) is 0.324. The first-order valence-electron chi connectivity index (χ1n) is 11.3. The number of amides is 1. The number of hydrogen-bond donors (Lipinski definition) is 2. The van der Waals surface area contributed by atoms with Crippen LogP contribution >= 0.6 is 0 Å². The summed E-state index contributed by atoms with van der Waals surface area (Å²) in [5.74, 6) is -6.65. The third kappa shape index (κ3) is 6.59. The Morgan fingerprint density at radius 3 is 1.83 bits per heavy atom. The Balaban J connectivity index is 2.60. The average molecular weight is 512 g/mol. The minimum atomic E-state index is -5.95. The Labute approximate surface area is 207 Å². The summed E-state index contributed by atoms with van der Waals surface area (Å²) in [5, 5.41) is 19.4. The van der Waals surface area contributed by atoms with E-state index in [-0.39, 0.29) is 12.3 Å². The van der Waals surface area contributed by atoms with E-state index in [2.05, 4.69) is 0 Å². The number of halogens is 5. The van der Waals surface area contributed by atoms with Gasteiger partial charge < -0.3 is 10.8 Å². The summed E-state index contributed by atoms with van der Waals surface area (Å²) in [7, 11) is 0. The van der Waals surface area contributed by atoms with Crippen molar-refractivity contribution in [3.8, 4) is 17.2 Å². The van der Waals surface area contributed by atoms with Crippen molar-refractivity contribution < 1.29 is 31.9 Å². The van der Waals surface area contributed by atoms with Crippen molar-refractivity contribution in [2.75, 3.05) is 6.54 Å². The van der Waals surface area contributed by atoms with Gasteiger partial charge in [-0.1, -0.05) is 62.4 Å². The number of nitrogens with two attached hydrogens (primary N) is 1. The fourth-order valence-corrected chi connectivity index (χ4v) is 4.02. The van der Waals surface area contributed by atoms with E-state index < -0.39 is 47.8 Å². The van der Waals surface area contributed by atoms with Crippen LogP contribution in [0.15, 0.2) is 48.5 Å². The van der Waals surface area contributed by atoms with E-state index in [0.717, 1.165) is 12.1 Å². The molecule has 0 bridgehead atoms. The molecule has 0 unspecified atom stereocenters. The molecule has 0 aliphatic rings. The average Bonchev–Trinajstić information content (AvgIpc) is 2.76. The largest absolute Gasteiger partial charge is 0.455 e. The van der Waals surface area contributed by atoms with Gasteiger partial charge in [-0.05, 0) is 48.4 Å². The van der Waals surface area contributed by atoms with Crippen LogP contribution in [0.2, 0.25) is 0 Å². The zero-order chi connectivity index (χ0) is 27.5. The number of carbonyl (C=O) groups excluding carboxylic acids is 1. The molecule has 196 valence electrons. The second kappa shape index (κ2) is 10.9. The number of alkyl halides is 5. The Hall–Kier alpha value is -3.03.